The Kier molecular flexibility index (Phi) is 3.54. The summed E-state index contributed by atoms with van der Waals surface area (Å²) >= 11 is 0. The molecule has 6 nitrogen and oxygen atoms in total. The Morgan fingerprint density at radius 1 is 1.20 bits per heavy atom. The highest BCUT2D eigenvalue weighted by atomic mass is 32.2. The van der Waals surface area contributed by atoms with Gasteiger partial charge in [0.1, 0.15) is 0 Å². The maximum atomic E-state index is 11.4. The molecule has 1 aromatic heterocycles. The van der Waals surface area contributed by atoms with Gasteiger partial charge >= 0.3 is 0 Å². The Hall–Kier alpha value is -2.28. The molecular weight excluding hydrogens is 280 g/mol. The van der Waals surface area contributed by atoms with E-state index in [1.165, 1.54) is 17.7 Å². The number of pyridine rings is 1. The van der Waals surface area contributed by atoms with E-state index in [4.69, 9.17) is 0 Å². The van der Waals surface area contributed by atoms with Gasteiger partial charge < -0.3 is 9.67 Å². The SMILES string of the molecule is Cn1cc(-c2cccc(NS(C)(=O)=O)c2)cc(O)c1=O. The van der Waals surface area contributed by atoms with E-state index in [1.54, 1.807) is 30.5 Å². The van der Waals surface area contributed by atoms with Gasteiger partial charge in [-0.2, -0.15) is 0 Å². The smallest absolute Gasteiger partial charge is 0.292 e. The van der Waals surface area contributed by atoms with Gasteiger partial charge in [0.05, 0.1) is 6.26 Å². The van der Waals surface area contributed by atoms with Crippen LogP contribution >= 0.6 is 0 Å². The van der Waals surface area contributed by atoms with Crippen molar-refractivity contribution >= 4 is 15.7 Å². The first-order valence-corrected chi connectivity index (χ1v) is 7.63. The van der Waals surface area contributed by atoms with Crippen molar-refractivity contribution in [1.82, 2.24) is 4.57 Å². The monoisotopic (exact) mass is 294 g/mol. The zero-order chi connectivity index (χ0) is 14.9. The van der Waals surface area contributed by atoms with Crippen LogP contribution in [-0.4, -0.2) is 24.3 Å². The van der Waals surface area contributed by atoms with Crippen molar-refractivity contribution in [3.05, 3.63) is 46.9 Å². The normalized spacial score (nSPS) is 11.3. The quantitative estimate of drug-likeness (QED) is 0.888. The molecule has 2 N–H and O–H groups in total. The average Bonchev–Trinajstić information content (AvgIpc) is 2.33. The number of nitrogens with one attached hydrogen (secondary N) is 1. The standard InChI is InChI=1S/C13H14N2O4S/c1-15-8-10(7-12(16)13(15)17)9-4-3-5-11(6-9)14-20(2,18)19/h3-8,14,16H,1-2H3. The van der Waals surface area contributed by atoms with Crippen LogP contribution in [0.4, 0.5) is 5.69 Å². The second-order valence-corrected chi connectivity index (χ2v) is 6.23. The molecule has 0 aliphatic rings. The van der Waals surface area contributed by atoms with E-state index in [-0.39, 0.29) is 5.75 Å². The van der Waals surface area contributed by atoms with Crippen LogP contribution < -0.4 is 10.3 Å². The first-order valence-electron chi connectivity index (χ1n) is 5.74. The summed E-state index contributed by atoms with van der Waals surface area (Å²) in [5, 5.41) is 9.55. The molecule has 0 atom stereocenters. The summed E-state index contributed by atoms with van der Waals surface area (Å²) in [6, 6.07) is 8.03. The number of hydrogen-bond donors (Lipinski definition) is 2. The van der Waals surface area contributed by atoms with Gasteiger partial charge in [-0.05, 0) is 23.8 Å². The third-order valence-corrected chi connectivity index (χ3v) is 3.27. The van der Waals surface area contributed by atoms with Crippen molar-refractivity contribution in [1.29, 1.82) is 0 Å². The topological polar surface area (TPSA) is 88.4 Å². The molecule has 0 radical (unpaired) electrons. The van der Waals surface area contributed by atoms with E-state index in [9.17, 15) is 18.3 Å². The van der Waals surface area contributed by atoms with Crippen LogP contribution in [0.1, 0.15) is 0 Å². The Labute approximate surface area is 116 Å². The maximum absolute atomic E-state index is 11.4. The van der Waals surface area contributed by atoms with Gasteiger partial charge in [-0.15, -0.1) is 0 Å². The number of aromatic nitrogens is 1. The number of benzene rings is 1. The van der Waals surface area contributed by atoms with Gasteiger partial charge in [0.2, 0.25) is 10.0 Å². The van der Waals surface area contributed by atoms with Gasteiger partial charge in [-0.25, -0.2) is 8.42 Å². The van der Waals surface area contributed by atoms with Crippen LogP contribution in [-0.2, 0) is 17.1 Å². The van der Waals surface area contributed by atoms with E-state index in [0.717, 1.165) is 6.26 Å². The number of rotatable bonds is 3. The van der Waals surface area contributed by atoms with Crippen molar-refractivity contribution in [3.8, 4) is 16.9 Å². The first kappa shape index (κ1) is 14.1. The van der Waals surface area contributed by atoms with E-state index in [0.29, 0.717) is 16.8 Å². The van der Waals surface area contributed by atoms with Crippen molar-refractivity contribution in [2.75, 3.05) is 11.0 Å². The zero-order valence-electron chi connectivity index (χ0n) is 11.0. The van der Waals surface area contributed by atoms with E-state index < -0.39 is 15.6 Å². The predicted molar refractivity (Wildman–Crippen MR) is 77.3 cm³/mol. The van der Waals surface area contributed by atoms with Gasteiger partial charge in [0.15, 0.2) is 5.75 Å². The fourth-order valence-corrected chi connectivity index (χ4v) is 2.38. The lowest BCUT2D eigenvalue weighted by Crippen LogP contribution is -2.15. The molecule has 0 aliphatic heterocycles. The van der Waals surface area contributed by atoms with Crippen molar-refractivity contribution in [2.45, 2.75) is 0 Å². The molecule has 0 amide bonds. The number of anilines is 1. The molecule has 106 valence electrons. The number of hydrogen-bond acceptors (Lipinski definition) is 4. The summed E-state index contributed by atoms with van der Waals surface area (Å²) in [7, 11) is -1.82. The highest BCUT2D eigenvalue weighted by Gasteiger charge is 2.07. The molecule has 0 spiro atoms. The molecule has 2 aromatic rings. The molecule has 1 aromatic carbocycles. The van der Waals surface area contributed by atoms with Crippen LogP contribution in [0.2, 0.25) is 0 Å². The molecule has 7 heteroatoms. The molecule has 0 fully saturated rings. The van der Waals surface area contributed by atoms with Gasteiger partial charge in [0.25, 0.3) is 5.56 Å². The van der Waals surface area contributed by atoms with Crippen LogP contribution in [0.5, 0.6) is 5.75 Å². The van der Waals surface area contributed by atoms with Crippen molar-refractivity contribution in [3.63, 3.8) is 0 Å². The minimum Gasteiger partial charge on any atom is -0.503 e. The van der Waals surface area contributed by atoms with E-state index >= 15 is 0 Å². The van der Waals surface area contributed by atoms with E-state index in [1.807, 2.05) is 0 Å². The molecule has 0 bridgehead atoms. The summed E-state index contributed by atoms with van der Waals surface area (Å²) in [6.45, 7) is 0. The number of aromatic hydroxyl groups is 1. The summed E-state index contributed by atoms with van der Waals surface area (Å²) < 4.78 is 26.0. The molecule has 1 heterocycles. The summed E-state index contributed by atoms with van der Waals surface area (Å²) in [5.41, 5.74) is 1.23. The molecule has 20 heavy (non-hydrogen) atoms. The lowest BCUT2D eigenvalue weighted by Gasteiger charge is -2.08. The molecule has 0 aliphatic carbocycles. The number of nitrogens with zero attached hydrogens (tertiary/aromatic N) is 1. The van der Waals surface area contributed by atoms with Crippen LogP contribution in [0.3, 0.4) is 0 Å². The number of aryl methyl sites for hydroxylation is 1. The molecule has 2 rings (SSSR count). The lowest BCUT2D eigenvalue weighted by atomic mass is 10.1. The first-order chi connectivity index (χ1) is 9.26. The van der Waals surface area contributed by atoms with Gasteiger partial charge in [-0.1, -0.05) is 12.1 Å². The summed E-state index contributed by atoms with van der Waals surface area (Å²) in [6.07, 6.45) is 2.64. The van der Waals surface area contributed by atoms with E-state index in [2.05, 4.69) is 4.72 Å². The average molecular weight is 294 g/mol. The Bertz CT molecular complexity index is 783. The van der Waals surface area contributed by atoms with Crippen molar-refractivity contribution < 1.29 is 13.5 Å². The highest BCUT2D eigenvalue weighted by molar-refractivity contribution is 7.92. The predicted octanol–water partition coefficient (Wildman–Crippen LogP) is 1.13. The summed E-state index contributed by atoms with van der Waals surface area (Å²) in [4.78, 5) is 11.4. The maximum Gasteiger partial charge on any atom is 0.292 e. The third kappa shape index (κ3) is 3.18. The zero-order valence-corrected chi connectivity index (χ0v) is 11.8. The number of sulfonamides is 1. The molecule has 0 unspecified atom stereocenters. The molecule has 0 saturated carbocycles. The Balaban J connectivity index is 2.49. The van der Waals surface area contributed by atoms with Crippen LogP contribution in [0.25, 0.3) is 11.1 Å². The largest absolute Gasteiger partial charge is 0.503 e. The van der Waals surface area contributed by atoms with Gasteiger partial charge in [-0.3, -0.25) is 9.52 Å². The molecule has 0 saturated heterocycles. The Morgan fingerprint density at radius 2 is 1.90 bits per heavy atom. The summed E-state index contributed by atoms with van der Waals surface area (Å²) in [5.74, 6) is -0.355. The minimum atomic E-state index is -3.35. The second kappa shape index (κ2) is 5.01. The van der Waals surface area contributed by atoms with Crippen LogP contribution in [0.15, 0.2) is 41.3 Å². The van der Waals surface area contributed by atoms with Crippen molar-refractivity contribution in [2.24, 2.45) is 7.05 Å². The minimum absolute atomic E-state index is 0.355. The lowest BCUT2D eigenvalue weighted by molar-refractivity contribution is 0.461. The highest BCUT2D eigenvalue weighted by Crippen LogP contribution is 2.24. The molecular formula is C13H14N2O4S. The van der Waals surface area contributed by atoms with Gasteiger partial charge in [0, 0.05) is 24.5 Å². The fourth-order valence-electron chi connectivity index (χ4n) is 1.83. The van der Waals surface area contributed by atoms with Crippen LogP contribution in [0, 0.1) is 0 Å². The fraction of sp³-hybridized carbons (Fsp3) is 0.154. The Morgan fingerprint density at radius 3 is 2.50 bits per heavy atom. The third-order valence-electron chi connectivity index (χ3n) is 2.66. The second-order valence-electron chi connectivity index (χ2n) is 4.49.